The molecule has 2 aromatic rings. The summed E-state index contributed by atoms with van der Waals surface area (Å²) in [5.74, 6) is 0.296. The number of fused-ring (bicyclic) bond motifs is 1. The van der Waals surface area contributed by atoms with Crippen LogP contribution in [0.4, 0.5) is 0 Å². The predicted molar refractivity (Wildman–Crippen MR) is 110 cm³/mol. The molecule has 1 aromatic carbocycles. The van der Waals surface area contributed by atoms with Crippen LogP contribution in [-0.4, -0.2) is 72.7 Å². The molecule has 0 spiro atoms. The van der Waals surface area contributed by atoms with Crippen molar-refractivity contribution in [1.82, 2.24) is 9.47 Å². The maximum Gasteiger partial charge on any atom is 0.340 e. The van der Waals surface area contributed by atoms with E-state index in [0.29, 0.717) is 37.7 Å². The molecule has 1 aliphatic heterocycles. The van der Waals surface area contributed by atoms with Crippen LogP contribution in [0.2, 0.25) is 0 Å². The van der Waals surface area contributed by atoms with E-state index in [-0.39, 0.29) is 25.0 Å². The fraction of sp³-hybridized carbons (Fsp3) is 0.550. The smallest absolute Gasteiger partial charge is 0.340 e. The highest BCUT2D eigenvalue weighted by Crippen LogP contribution is 2.29. The number of morpholine rings is 1. The molecule has 0 saturated carbocycles. The number of β-amino-alcohol motifs (C(OH)–C–C–N with tert-alkyl or cyclic N) is 1. The van der Waals surface area contributed by atoms with Crippen LogP contribution in [0.3, 0.4) is 0 Å². The van der Waals surface area contributed by atoms with Gasteiger partial charge in [0.2, 0.25) is 0 Å². The fourth-order valence-electron chi connectivity index (χ4n) is 3.43. The quantitative estimate of drug-likeness (QED) is 0.702. The van der Waals surface area contributed by atoms with E-state index >= 15 is 0 Å². The Bertz CT molecular complexity index is 801. The van der Waals surface area contributed by atoms with Gasteiger partial charge in [-0.1, -0.05) is 0 Å². The number of rotatable bonds is 7. The monoisotopic (exact) mass is 412 g/mol. The van der Waals surface area contributed by atoms with Gasteiger partial charge in [-0.3, -0.25) is 4.90 Å². The van der Waals surface area contributed by atoms with Gasteiger partial charge < -0.3 is 23.9 Å². The lowest BCUT2D eigenvalue weighted by Gasteiger charge is -2.28. The average molecular weight is 413 g/mol. The van der Waals surface area contributed by atoms with Gasteiger partial charge in [-0.25, -0.2) is 4.79 Å². The summed E-state index contributed by atoms with van der Waals surface area (Å²) in [6.45, 7) is 7.85. The van der Waals surface area contributed by atoms with Crippen molar-refractivity contribution in [1.29, 1.82) is 0 Å². The van der Waals surface area contributed by atoms with E-state index in [1.165, 1.54) is 0 Å². The standard InChI is InChI=1S/C20H28N2O5.ClH/c1-4-26-20(24)19-14(2)21(3)18-6-5-16(11-17(18)19)27-13-15(23)12-22-7-9-25-10-8-22;/h5-6,11,15,23H,4,7-10,12-13H2,1-3H3;1H. The largest absolute Gasteiger partial charge is 0.491 e. The highest BCUT2D eigenvalue weighted by molar-refractivity contribution is 6.06. The molecular formula is C20H29ClN2O5. The minimum Gasteiger partial charge on any atom is -0.491 e. The summed E-state index contributed by atoms with van der Waals surface area (Å²) in [6.07, 6.45) is -0.583. The molecule has 1 unspecified atom stereocenters. The van der Waals surface area contributed by atoms with Crippen molar-refractivity contribution in [3.05, 3.63) is 29.5 Å². The topological polar surface area (TPSA) is 73.2 Å². The molecule has 1 fully saturated rings. The summed E-state index contributed by atoms with van der Waals surface area (Å²) >= 11 is 0. The van der Waals surface area contributed by atoms with Crippen LogP contribution < -0.4 is 4.74 Å². The van der Waals surface area contributed by atoms with Gasteiger partial charge >= 0.3 is 5.97 Å². The van der Waals surface area contributed by atoms with Crippen molar-refractivity contribution in [2.24, 2.45) is 7.05 Å². The van der Waals surface area contributed by atoms with E-state index in [1.54, 1.807) is 6.92 Å². The number of hydrogen-bond acceptors (Lipinski definition) is 6. The first-order valence-corrected chi connectivity index (χ1v) is 9.38. The highest BCUT2D eigenvalue weighted by atomic mass is 35.5. The molecule has 1 aliphatic rings. The third kappa shape index (κ3) is 4.97. The number of carbonyl (C=O) groups is 1. The maximum absolute atomic E-state index is 12.4. The summed E-state index contributed by atoms with van der Waals surface area (Å²) in [4.78, 5) is 14.5. The molecule has 0 radical (unpaired) electrons. The maximum atomic E-state index is 12.4. The van der Waals surface area contributed by atoms with E-state index in [1.807, 2.05) is 36.7 Å². The zero-order valence-electron chi connectivity index (χ0n) is 16.6. The van der Waals surface area contributed by atoms with Crippen LogP contribution in [0.25, 0.3) is 10.9 Å². The second kappa shape index (κ2) is 10.1. The van der Waals surface area contributed by atoms with Crippen LogP contribution in [-0.2, 0) is 16.5 Å². The molecule has 0 aliphatic carbocycles. The Hall–Kier alpha value is -1.80. The third-order valence-electron chi connectivity index (χ3n) is 4.96. The van der Waals surface area contributed by atoms with Crippen LogP contribution in [0.15, 0.2) is 18.2 Å². The number of esters is 1. The van der Waals surface area contributed by atoms with Crippen molar-refractivity contribution in [2.75, 3.05) is 46.1 Å². The summed E-state index contributed by atoms with van der Waals surface area (Å²) < 4.78 is 18.3. The molecule has 1 atom stereocenters. The first-order chi connectivity index (χ1) is 13.0. The Kier molecular flexibility index (Phi) is 8.12. The Labute approximate surface area is 171 Å². The molecule has 156 valence electrons. The zero-order chi connectivity index (χ0) is 19.4. The van der Waals surface area contributed by atoms with E-state index < -0.39 is 6.10 Å². The van der Waals surface area contributed by atoms with E-state index in [2.05, 4.69) is 4.90 Å². The Morgan fingerprint density at radius 3 is 2.71 bits per heavy atom. The van der Waals surface area contributed by atoms with Gasteiger partial charge in [-0.05, 0) is 32.0 Å². The van der Waals surface area contributed by atoms with Gasteiger partial charge in [0.05, 0.1) is 25.4 Å². The average Bonchev–Trinajstić information content (AvgIpc) is 2.91. The molecule has 0 amide bonds. The molecular weight excluding hydrogens is 384 g/mol. The number of carbonyl (C=O) groups excluding carboxylic acids is 1. The van der Waals surface area contributed by atoms with Gasteiger partial charge in [-0.2, -0.15) is 0 Å². The lowest BCUT2D eigenvalue weighted by molar-refractivity contribution is 0.00466. The molecule has 2 heterocycles. The number of aliphatic hydroxyl groups excluding tert-OH is 1. The lowest BCUT2D eigenvalue weighted by Crippen LogP contribution is -2.42. The number of ether oxygens (including phenoxy) is 3. The zero-order valence-corrected chi connectivity index (χ0v) is 17.5. The van der Waals surface area contributed by atoms with Gasteiger partial charge in [0.25, 0.3) is 0 Å². The number of hydrogen-bond donors (Lipinski definition) is 1. The van der Waals surface area contributed by atoms with Crippen LogP contribution in [0.1, 0.15) is 23.0 Å². The van der Waals surface area contributed by atoms with E-state index in [0.717, 1.165) is 29.7 Å². The van der Waals surface area contributed by atoms with Gasteiger partial charge in [0, 0.05) is 43.3 Å². The normalized spacial score (nSPS) is 15.9. The SMILES string of the molecule is CCOC(=O)c1c(C)n(C)c2ccc(OCC(O)CN3CCOCC3)cc12.Cl. The minimum atomic E-state index is -0.583. The first kappa shape index (κ1) is 22.5. The molecule has 28 heavy (non-hydrogen) atoms. The number of halogens is 1. The number of benzene rings is 1. The molecule has 0 bridgehead atoms. The summed E-state index contributed by atoms with van der Waals surface area (Å²) in [6, 6.07) is 5.63. The highest BCUT2D eigenvalue weighted by Gasteiger charge is 2.20. The number of aliphatic hydroxyl groups is 1. The van der Waals surface area contributed by atoms with Gasteiger partial charge in [-0.15, -0.1) is 12.4 Å². The van der Waals surface area contributed by atoms with Crippen molar-refractivity contribution in [3.8, 4) is 5.75 Å². The molecule has 1 N–H and O–H groups in total. The van der Waals surface area contributed by atoms with Gasteiger partial charge in [0.1, 0.15) is 18.5 Å². The summed E-state index contributed by atoms with van der Waals surface area (Å²) in [5.41, 5.74) is 2.36. The second-order valence-electron chi connectivity index (χ2n) is 6.80. The third-order valence-corrected chi connectivity index (χ3v) is 4.96. The molecule has 1 saturated heterocycles. The Morgan fingerprint density at radius 1 is 1.32 bits per heavy atom. The predicted octanol–water partition coefficient (Wildman–Crippen LogP) is 2.16. The van der Waals surface area contributed by atoms with Crippen molar-refractivity contribution >= 4 is 29.3 Å². The number of aromatic nitrogens is 1. The first-order valence-electron chi connectivity index (χ1n) is 9.38. The van der Waals surface area contributed by atoms with Crippen molar-refractivity contribution < 1.29 is 24.1 Å². The fourth-order valence-corrected chi connectivity index (χ4v) is 3.43. The minimum absolute atomic E-state index is 0. The molecule has 7 nitrogen and oxygen atoms in total. The number of nitrogens with zero attached hydrogens (tertiary/aromatic N) is 2. The van der Waals surface area contributed by atoms with Crippen molar-refractivity contribution in [3.63, 3.8) is 0 Å². The van der Waals surface area contributed by atoms with E-state index in [9.17, 15) is 9.90 Å². The molecule has 3 rings (SSSR count). The van der Waals surface area contributed by atoms with Crippen LogP contribution >= 0.6 is 12.4 Å². The molecule has 8 heteroatoms. The lowest BCUT2D eigenvalue weighted by atomic mass is 10.1. The second-order valence-corrected chi connectivity index (χ2v) is 6.80. The molecule has 1 aromatic heterocycles. The number of aryl methyl sites for hydroxylation is 1. The Balaban J connectivity index is 0.00000280. The summed E-state index contributed by atoms with van der Waals surface area (Å²) in [5, 5.41) is 11.1. The van der Waals surface area contributed by atoms with Crippen LogP contribution in [0.5, 0.6) is 5.75 Å². The van der Waals surface area contributed by atoms with E-state index in [4.69, 9.17) is 14.2 Å². The van der Waals surface area contributed by atoms with Gasteiger partial charge in [0.15, 0.2) is 0 Å². The van der Waals surface area contributed by atoms with Crippen LogP contribution in [0, 0.1) is 6.92 Å². The Morgan fingerprint density at radius 2 is 2.04 bits per heavy atom. The summed E-state index contributed by atoms with van der Waals surface area (Å²) in [7, 11) is 1.92. The van der Waals surface area contributed by atoms with Crippen molar-refractivity contribution in [2.45, 2.75) is 20.0 Å².